The van der Waals surface area contributed by atoms with Crippen LogP contribution < -0.4 is 5.73 Å². The summed E-state index contributed by atoms with van der Waals surface area (Å²) in [5, 5.41) is 0. The second kappa shape index (κ2) is 4.97. The molecule has 16 heavy (non-hydrogen) atoms. The first-order chi connectivity index (χ1) is 7.47. The summed E-state index contributed by atoms with van der Waals surface area (Å²) in [6.07, 6.45) is 4.51. The maximum absolute atomic E-state index is 5.87. The number of amidine groups is 1. The van der Waals surface area contributed by atoms with Gasteiger partial charge in [0, 0.05) is 12.3 Å². The molecule has 1 aliphatic heterocycles. The molecule has 2 N–H and O–H groups in total. The molecule has 1 unspecified atom stereocenters. The molecule has 1 heterocycles. The van der Waals surface area contributed by atoms with Crippen molar-refractivity contribution >= 4 is 5.84 Å². The number of hydrogen-bond donors (Lipinski definition) is 1. The normalized spacial score (nSPS) is 21.8. The van der Waals surface area contributed by atoms with Crippen LogP contribution in [0.2, 0.25) is 0 Å². The third kappa shape index (κ3) is 2.51. The second-order valence-electron chi connectivity index (χ2n) is 4.32. The average Bonchev–Trinajstić information content (AvgIpc) is 2.20. The molecule has 0 aromatic heterocycles. The van der Waals surface area contributed by atoms with E-state index in [1.165, 1.54) is 5.57 Å². The molecule has 0 aliphatic carbocycles. The molecule has 1 atom stereocenters. The lowest BCUT2D eigenvalue weighted by atomic mass is 9.85. The lowest BCUT2D eigenvalue weighted by Crippen LogP contribution is -2.23. The number of nitrogens with two attached hydrogens (primary N) is 1. The molecule has 1 rings (SSSR count). The Bertz CT molecular complexity index is 408. The molecule has 0 bridgehead atoms. The van der Waals surface area contributed by atoms with Gasteiger partial charge < -0.3 is 5.73 Å². The van der Waals surface area contributed by atoms with Crippen LogP contribution in [0, 0.1) is 5.92 Å². The highest BCUT2D eigenvalue weighted by atomic mass is 14.9. The van der Waals surface area contributed by atoms with Gasteiger partial charge in [0.25, 0.3) is 0 Å². The monoisotopic (exact) mass is 216 g/mol. The Morgan fingerprint density at radius 3 is 2.62 bits per heavy atom. The minimum absolute atomic E-state index is 0.320. The molecule has 0 aromatic carbocycles. The van der Waals surface area contributed by atoms with Crippen LogP contribution in [0.1, 0.15) is 27.2 Å². The Kier molecular flexibility index (Phi) is 3.88. The molecule has 0 saturated heterocycles. The topological polar surface area (TPSA) is 38.4 Å². The third-order valence-corrected chi connectivity index (χ3v) is 2.90. The van der Waals surface area contributed by atoms with Gasteiger partial charge in [-0.05, 0) is 31.9 Å². The minimum Gasteiger partial charge on any atom is -0.387 e. The van der Waals surface area contributed by atoms with Crippen molar-refractivity contribution in [2.45, 2.75) is 27.2 Å². The van der Waals surface area contributed by atoms with E-state index >= 15 is 0 Å². The largest absolute Gasteiger partial charge is 0.387 e. The maximum Gasteiger partial charge on any atom is 0.101 e. The van der Waals surface area contributed by atoms with Gasteiger partial charge in [-0.25, -0.2) is 4.99 Å². The number of allylic oxidation sites excluding steroid dienone is 5. The van der Waals surface area contributed by atoms with Crippen molar-refractivity contribution in [1.29, 1.82) is 0 Å². The summed E-state index contributed by atoms with van der Waals surface area (Å²) < 4.78 is 0. The van der Waals surface area contributed by atoms with Crippen LogP contribution in [0.4, 0.5) is 0 Å². The molecule has 0 spiro atoms. The van der Waals surface area contributed by atoms with Crippen molar-refractivity contribution in [3.05, 3.63) is 47.7 Å². The SMILES string of the molecule is C=C/C=C(/C)C1=C(C)C(C(=C)C)CC(N)=N1. The molecule has 2 heteroatoms. The first kappa shape index (κ1) is 12.5. The molecule has 1 aliphatic rings. The van der Waals surface area contributed by atoms with Crippen LogP contribution in [0.3, 0.4) is 0 Å². The van der Waals surface area contributed by atoms with E-state index in [1.54, 1.807) is 6.08 Å². The molecule has 0 radical (unpaired) electrons. The number of aliphatic imine (C=N–C) groups is 1. The predicted octanol–water partition coefficient (Wildman–Crippen LogP) is 3.35. The van der Waals surface area contributed by atoms with Crippen molar-refractivity contribution in [3.8, 4) is 0 Å². The third-order valence-electron chi connectivity index (χ3n) is 2.90. The quantitative estimate of drug-likeness (QED) is 0.570. The molecular formula is C14H20N2. The number of rotatable bonds is 3. The Morgan fingerprint density at radius 1 is 1.50 bits per heavy atom. The zero-order valence-corrected chi connectivity index (χ0v) is 10.4. The second-order valence-corrected chi connectivity index (χ2v) is 4.32. The van der Waals surface area contributed by atoms with E-state index in [1.807, 2.05) is 19.9 Å². The zero-order chi connectivity index (χ0) is 12.3. The molecule has 0 fully saturated rings. The first-order valence-corrected chi connectivity index (χ1v) is 5.46. The zero-order valence-electron chi connectivity index (χ0n) is 10.4. The smallest absolute Gasteiger partial charge is 0.101 e. The summed E-state index contributed by atoms with van der Waals surface area (Å²) in [5.41, 5.74) is 10.3. The molecular weight excluding hydrogens is 196 g/mol. The summed E-state index contributed by atoms with van der Waals surface area (Å²) in [6, 6.07) is 0. The van der Waals surface area contributed by atoms with Crippen LogP contribution in [0.5, 0.6) is 0 Å². The summed E-state index contributed by atoms with van der Waals surface area (Å²) in [4.78, 5) is 4.43. The van der Waals surface area contributed by atoms with Gasteiger partial charge in [-0.1, -0.05) is 30.9 Å². The van der Waals surface area contributed by atoms with Crippen LogP contribution in [-0.2, 0) is 0 Å². The van der Waals surface area contributed by atoms with Crippen LogP contribution >= 0.6 is 0 Å². The van der Waals surface area contributed by atoms with Gasteiger partial charge in [-0.3, -0.25) is 0 Å². The molecule has 0 amide bonds. The van der Waals surface area contributed by atoms with Crippen molar-refractivity contribution < 1.29 is 0 Å². The fraction of sp³-hybridized carbons (Fsp3) is 0.357. The molecule has 0 aromatic rings. The van der Waals surface area contributed by atoms with Crippen LogP contribution in [0.25, 0.3) is 0 Å². The first-order valence-electron chi connectivity index (χ1n) is 5.46. The highest BCUT2D eigenvalue weighted by Crippen LogP contribution is 2.32. The van der Waals surface area contributed by atoms with Gasteiger partial charge >= 0.3 is 0 Å². The van der Waals surface area contributed by atoms with E-state index in [2.05, 4.69) is 25.1 Å². The average molecular weight is 216 g/mol. The fourth-order valence-corrected chi connectivity index (χ4v) is 2.00. The summed E-state index contributed by atoms with van der Waals surface area (Å²) in [6.45, 7) is 13.9. The van der Waals surface area contributed by atoms with Crippen LogP contribution in [0.15, 0.2) is 52.7 Å². The highest BCUT2D eigenvalue weighted by molar-refractivity contribution is 5.84. The van der Waals surface area contributed by atoms with E-state index < -0.39 is 0 Å². The van der Waals surface area contributed by atoms with E-state index in [9.17, 15) is 0 Å². The number of nitrogens with zero attached hydrogens (tertiary/aromatic N) is 1. The van der Waals surface area contributed by atoms with Crippen molar-refractivity contribution in [2.75, 3.05) is 0 Å². The Balaban J connectivity index is 3.22. The van der Waals surface area contributed by atoms with E-state index in [4.69, 9.17) is 5.73 Å². The maximum atomic E-state index is 5.87. The van der Waals surface area contributed by atoms with Gasteiger partial charge in [0.05, 0.1) is 5.70 Å². The minimum atomic E-state index is 0.320. The Morgan fingerprint density at radius 2 is 2.12 bits per heavy atom. The Labute approximate surface area is 98.0 Å². The number of hydrogen-bond acceptors (Lipinski definition) is 2. The summed E-state index contributed by atoms with van der Waals surface area (Å²) in [7, 11) is 0. The van der Waals surface area contributed by atoms with Gasteiger partial charge in [-0.2, -0.15) is 0 Å². The molecule has 86 valence electrons. The highest BCUT2D eigenvalue weighted by Gasteiger charge is 2.22. The van der Waals surface area contributed by atoms with Crippen molar-refractivity contribution in [3.63, 3.8) is 0 Å². The van der Waals surface area contributed by atoms with Gasteiger partial charge in [0.15, 0.2) is 0 Å². The lowest BCUT2D eigenvalue weighted by Gasteiger charge is -2.25. The lowest BCUT2D eigenvalue weighted by molar-refractivity contribution is 0.718. The summed E-state index contributed by atoms with van der Waals surface area (Å²) >= 11 is 0. The van der Waals surface area contributed by atoms with Gasteiger partial charge in [0.2, 0.25) is 0 Å². The van der Waals surface area contributed by atoms with E-state index in [0.29, 0.717) is 11.8 Å². The van der Waals surface area contributed by atoms with E-state index in [-0.39, 0.29) is 0 Å². The standard InChI is InChI=1S/C14H20N2/c1-6-7-10(4)14-11(5)12(9(2)3)8-13(15)16-14/h6-7,12H,1-2,8H2,3-5H3,(H2,15,16)/b10-7-. The van der Waals surface area contributed by atoms with Gasteiger partial charge in [0.1, 0.15) is 5.84 Å². The van der Waals surface area contributed by atoms with Crippen molar-refractivity contribution in [2.24, 2.45) is 16.6 Å². The molecule has 2 nitrogen and oxygen atoms in total. The van der Waals surface area contributed by atoms with E-state index in [0.717, 1.165) is 23.3 Å². The Hall–Kier alpha value is -1.57. The van der Waals surface area contributed by atoms with Crippen molar-refractivity contribution in [1.82, 2.24) is 0 Å². The van der Waals surface area contributed by atoms with Crippen LogP contribution in [-0.4, -0.2) is 5.84 Å². The summed E-state index contributed by atoms with van der Waals surface area (Å²) in [5.74, 6) is 1.01. The van der Waals surface area contributed by atoms with Gasteiger partial charge in [-0.15, -0.1) is 0 Å². The fourth-order valence-electron chi connectivity index (χ4n) is 2.00. The molecule has 0 saturated carbocycles. The predicted molar refractivity (Wildman–Crippen MR) is 71.2 cm³/mol.